The van der Waals surface area contributed by atoms with E-state index < -0.39 is 0 Å². The van der Waals surface area contributed by atoms with Crippen molar-refractivity contribution in [3.63, 3.8) is 0 Å². The topological polar surface area (TPSA) is 84.0 Å². The van der Waals surface area contributed by atoms with Crippen LogP contribution in [0.15, 0.2) is 48.7 Å². The van der Waals surface area contributed by atoms with Gasteiger partial charge in [-0.15, -0.1) is 0 Å². The van der Waals surface area contributed by atoms with Gasteiger partial charge in [-0.2, -0.15) is 5.10 Å². The number of pyridine rings is 1. The third-order valence-electron chi connectivity index (χ3n) is 4.89. The third-order valence-corrected chi connectivity index (χ3v) is 4.89. The van der Waals surface area contributed by atoms with Crippen LogP contribution in [0.5, 0.6) is 0 Å². The number of ether oxygens (including phenoxy) is 1. The van der Waals surface area contributed by atoms with Crippen molar-refractivity contribution in [1.29, 1.82) is 0 Å². The monoisotopic (exact) mass is 377 g/mol. The maximum Gasteiger partial charge on any atom is 0.273 e. The molecule has 0 spiro atoms. The van der Waals surface area contributed by atoms with Crippen LogP contribution in [-0.4, -0.2) is 43.6 Å². The van der Waals surface area contributed by atoms with Crippen LogP contribution < -0.4 is 0 Å². The second-order valence-electron chi connectivity index (χ2n) is 7.13. The molecule has 3 heterocycles. The number of nitrogens with zero attached hydrogens (tertiary/aromatic N) is 4. The molecule has 1 aliphatic rings. The molecule has 0 radical (unpaired) electrons. The molecule has 1 fully saturated rings. The molecule has 2 atom stereocenters. The van der Waals surface area contributed by atoms with Crippen LogP contribution in [0.1, 0.15) is 45.7 Å². The van der Waals surface area contributed by atoms with Gasteiger partial charge in [0.25, 0.3) is 5.91 Å². The van der Waals surface area contributed by atoms with E-state index >= 15 is 0 Å². The fourth-order valence-electron chi connectivity index (χ4n) is 3.55. The first kappa shape index (κ1) is 18.3. The molecule has 1 N–H and O–H groups in total. The zero-order valence-corrected chi connectivity index (χ0v) is 16.0. The summed E-state index contributed by atoms with van der Waals surface area (Å²) in [5.41, 5.74) is 2.74. The van der Waals surface area contributed by atoms with Gasteiger partial charge >= 0.3 is 0 Å². The van der Waals surface area contributed by atoms with Gasteiger partial charge in [-0.25, -0.2) is 4.98 Å². The molecule has 1 aliphatic heterocycles. The fourth-order valence-corrected chi connectivity index (χ4v) is 3.55. The Kier molecular flexibility index (Phi) is 5.16. The molecule has 7 nitrogen and oxygen atoms in total. The molecule has 1 amide bonds. The predicted molar refractivity (Wildman–Crippen MR) is 104 cm³/mol. The molecule has 144 valence electrons. The van der Waals surface area contributed by atoms with Crippen molar-refractivity contribution in [3.05, 3.63) is 77.1 Å². The van der Waals surface area contributed by atoms with Gasteiger partial charge < -0.3 is 9.64 Å². The molecule has 4 rings (SSSR count). The van der Waals surface area contributed by atoms with E-state index in [0.717, 1.165) is 11.4 Å². The number of aryl methyl sites for hydroxylation is 2. The average molecular weight is 377 g/mol. The Morgan fingerprint density at radius 1 is 1.25 bits per heavy atom. The molecule has 2 aromatic heterocycles. The van der Waals surface area contributed by atoms with Gasteiger partial charge in [0.2, 0.25) is 0 Å². The minimum absolute atomic E-state index is 0.0861. The van der Waals surface area contributed by atoms with Crippen molar-refractivity contribution < 1.29 is 9.53 Å². The highest BCUT2D eigenvalue weighted by atomic mass is 16.5. The zero-order chi connectivity index (χ0) is 19.5. The molecule has 0 saturated carbocycles. The van der Waals surface area contributed by atoms with Crippen molar-refractivity contribution in [1.82, 2.24) is 25.1 Å². The van der Waals surface area contributed by atoms with Crippen LogP contribution in [0, 0.1) is 13.8 Å². The van der Waals surface area contributed by atoms with E-state index in [0.29, 0.717) is 31.1 Å². The van der Waals surface area contributed by atoms with E-state index in [1.54, 1.807) is 23.2 Å². The summed E-state index contributed by atoms with van der Waals surface area (Å²) >= 11 is 0. The van der Waals surface area contributed by atoms with Gasteiger partial charge in [0, 0.05) is 19.2 Å². The molecule has 0 unspecified atom stereocenters. The highest BCUT2D eigenvalue weighted by Crippen LogP contribution is 2.33. The van der Waals surface area contributed by atoms with Crippen molar-refractivity contribution in [2.24, 2.45) is 0 Å². The summed E-state index contributed by atoms with van der Waals surface area (Å²) in [4.78, 5) is 23.5. The Labute approximate surface area is 163 Å². The first-order chi connectivity index (χ1) is 13.6. The normalized spacial score (nSPS) is 19.1. The number of carbonyl (C=O) groups is 1. The number of likely N-dealkylation sites (tertiary alicyclic amines) is 1. The molecule has 0 bridgehead atoms. The Morgan fingerprint density at radius 3 is 2.86 bits per heavy atom. The van der Waals surface area contributed by atoms with Crippen LogP contribution in [-0.2, 0) is 11.3 Å². The number of carbonyl (C=O) groups excluding carboxylic acids is 1. The van der Waals surface area contributed by atoms with Crippen LogP contribution >= 0.6 is 0 Å². The number of hydrogen-bond acceptors (Lipinski definition) is 5. The number of nitrogens with one attached hydrogen (secondary N) is 1. The lowest BCUT2D eigenvalue weighted by Gasteiger charge is -2.21. The maximum atomic E-state index is 13.0. The largest absolute Gasteiger partial charge is 0.372 e. The van der Waals surface area contributed by atoms with E-state index in [4.69, 9.17) is 4.74 Å². The van der Waals surface area contributed by atoms with Gasteiger partial charge in [-0.3, -0.25) is 14.9 Å². The summed E-state index contributed by atoms with van der Waals surface area (Å²) in [6, 6.07) is 13.4. The second-order valence-corrected chi connectivity index (χ2v) is 7.13. The number of aromatic nitrogens is 4. The smallest absolute Gasteiger partial charge is 0.273 e. The van der Waals surface area contributed by atoms with E-state index in [2.05, 4.69) is 45.3 Å². The number of hydrogen-bond donors (Lipinski definition) is 1. The number of rotatable bonds is 5. The highest BCUT2D eigenvalue weighted by Gasteiger charge is 2.39. The lowest BCUT2D eigenvalue weighted by molar-refractivity contribution is 0.0436. The molecule has 3 aromatic rings. The van der Waals surface area contributed by atoms with Crippen molar-refractivity contribution >= 4 is 5.91 Å². The number of aromatic amines is 1. The van der Waals surface area contributed by atoms with Gasteiger partial charge in [0.1, 0.15) is 11.5 Å². The second kappa shape index (κ2) is 7.90. The van der Waals surface area contributed by atoms with E-state index in [9.17, 15) is 4.79 Å². The molecular weight excluding hydrogens is 354 g/mol. The summed E-state index contributed by atoms with van der Waals surface area (Å²) in [6.07, 6.45) is 2.19. The number of amides is 1. The fraction of sp³-hybridized carbons (Fsp3) is 0.333. The van der Waals surface area contributed by atoms with Gasteiger partial charge in [-0.1, -0.05) is 35.9 Å². The SMILES string of the molecule is Cc1cccc(CO[C@H]2C[C@@H](c3n[nH]c(C)n3)N(C(=O)c3ccccn3)C2)c1. The van der Waals surface area contributed by atoms with Gasteiger partial charge in [0.05, 0.1) is 18.8 Å². The van der Waals surface area contributed by atoms with Crippen LogP contribution in [0.25, 0.3) is 0 Å². The molecule has 7 heteroatoms. The minimum Gasteiger partial charge on any atom is -0.372 e. The average Bonchev–Trinajstić information content (AvgIpc) is 3.33. The lowest BCUT2D eigenvalue weighted by atomic mass is 10.1. The molecule has 1 aromatic carbocycles. The first-order valence-corrected chi connectivity index (χ1v) is 9.38. The van der Waals surface area contributed by atoms with E-state index in [1.807, 2.05) is 19.1 Å². The Hall–Kier alpha value is -3.06. The highest BCUT2D eigenvalue weighted by molar-refractivity contribution is 5.92. The Bertz CT molecular complexity index is 956. The minimum atomic E-state index is -0.234. The standard InChI is InChI=1S/C21H23N5O2/c1-14-6-5-7-16(10-14)13-28-17-11-19(20-23-15(2)24-25-20)26(12-17)21(27)18-8-3-4-9-22-18/h3-10,17,19H,11-13H2,1-2H3,(H,23,24,25)/t17-,19-/m0/s1. The molecule has 28 heavy (non-hydrogen) atoms. The van der Waals surface area contributed by atoms with Crippen LogP contribution in [0.3, 0.4) is 0 Å². The van der Waals surface area contributed by atoms with Crippen molar-refractivity contribution in [2.45, 2.75) is 39.0 Å². The van der Waals surface area contributed by atoms with E-state index in [1.165, 1.54) is 5.56 Å². The van der Waals surface area contributed by atoms with Crippen LogP contribution in [0.2, 0.25) is 0 Å². The van der Waals surface area contributed by atoms with Gasteiger partial charge in [-0.05, 0) is 31.5 Å². The summed E-state index contributed by atoms with van der Waals surface area (Å²) in [6.45, 7) is 4.91. The first-order valence-electron chi connectivity index (χ1n) is 9.38. The lowest BCUT2D eigenvalue weighted by Crippen LogP contribution is -2.33. The summed E-state index contributed by atoms with van der Waals surface area (Å²) in [5, 5.41) is 7.15. The van der Waals surface area contributed by atoms with Crippen LogP contribution in [0.4, 0.5) is 0 Å². The zero-order valence-electron chi connectivity index (χ0n) is 16.0. The molecular formula is C21H23N5O2. The quantitative estimate of drug-likeness (QED) is 0.739. The predicted octanol–water partition coefficient (Wildman–Crippen LogP) is 2.99. The number of H-pyrrole nitrogens is 1. The third kappa shape index (κ3) is 3.94. The molecule has 0 aliphatic carbocycles. The van der Waals surface area contributed by atoms with E-state index in [-0.39, 0.29) is 18.1 Å². The molecule has 1 saturated heterocycles. The number of benzene rings is 1. The maximum absolute atomic E-state index is 13.0. The van der Waals surface area contributed by atoms with Gasteiger partial charge in [0.15, 0.2) is 5.82 Å². The summed E-state index contributed by atoms with van der Waals surface area (Å²) in [7, 11) is 0. The summed E-state index contributed by atoms with van der Waals surface area (Å²) in [5.74, 6) is 1.21. The summed E-state index contributed by atoms with van der Waals surface area (Å²) < 4.78 is 6.14. The Balaban J connectivity index is 1.52. The van der Waals surface area contributed by atoms with Crippen molar-refractivity contribution in [2.75, 3.05) is 6.54 Å². The Morgan fingerprint density at radius 2 is 2.14 bits per heavy atom. The van der Waals surface area contributed by atoms with Crippen molar-refractivity contribution in [3.8, 4) is 0 Å².